The molecule has 0 aliphatic carbocycles. The minimum Gasteiger partial charge on any atom is -0.493 e. The predicted molar refractivity (Wildman–Crippen MR) is 139 cm³/mol. The first kappa shape index (κ1) is 26.7. The third kappa shape index (κ3) is 7.81. The van der Waals surface area contributed by atoms with Crippen LogP contribution in [0.15, 0.2) is 48.6 Å². The van der Waals surface area contributed by atoms with E-state index >= 15 is 0 Å². The summed E-state index contributed by atoms with van der Waals surface area (Å²) in [6, 6.07) is 11.1. The maximum atomic E-state index is 11.3. The number of hydrogen-bond donors (Lipinski definition) is 0. The average Bonchev–Trinajstić information content (AvgIpc) is 3.36. The summed E-state index contributed by atoms with van der Waals surface area (Å²) in [7, 11) is 1.61. The first-order valence-corrected chi connectivity index (χ1v) is 12.1. The Morgan fingerprint density at radius 1 is 1.00 bits per heavy atom. The van der Waals surface area contributed by atoms with Gasteiger partial charge in [-0.15, -0.1) is 0 Å². The number of hydrogen-bond acceptors (Lipinski definition) is 6. The van der Waals surface area contributed by atoms with Crippen LogP contribution in [0.2, 0.25) is 0 Å². The van der Waals surface area contributed by atoms with Crippen molar-refractivity contribution < 1.29 is 28.5 Å². The number of unbranched alkanes of at least 4 members (excludes halogenated alkanes) is 5. The zero-order valence-corrected chi connectivity index (χ0v) is 21.0. The topological polar surface area (TPSA) is 67.6 Å². The van der Waals surface area contributed by atoms with E-state index in [9.17, 15) is 4.79 Å². The van der Waals surface area contributed by atoms with Crippen LogP contribution in [0.5, 0.6) is 23.0 Å². The van der Waals surface area contributed by atoms with Crippen molar-refractivity contribution in [2.75, 3.05) is 27.1 Å². The molecule has 1 aliphatic rings. The highest BCUT2D eigenvalue weighted by Crippen LogP contribution is 2.36. The smallest absolute Gasteiger partial charge is 0.333 e. The molecule has 2 aromatic carbocycles. The molecule has 190 valence electrons. The average molecular weight is 492 g/mol. The third-order valence-corrected chi connectivity index (χ3v) is 5.66. The summed E-state index contributed by atoms with van der Waals surface area (Å²) in [5.41, 5.74) is 2.54. The van der Waals surface area contributed by atoms with Gasteiger partial charge in [-0.1, -0.05) is 44.4 Å². The SMILES string of the molecule is [C-]#[N+]/C(=C\c1ccc(OCCCCCCCCOC(=O)C(=C)C)c(OC)c1)c1ccc2c(c1)OCO2. The Bertz CT molecular complexity index is 1130. The molecular formula is C29H33NO6. The van der Waals surface area contributed by atoms with Crippen LogP contribution in [0.3, 0.4) is 0 Å². The van der Waals surface area contributed by atoms with E-state index in [2.05, 4.69) is 11.4 Å². The maximum Gasteiger partial charge on any atom is 0.333 e. The molecule has 0 unspecified atom stereocenters. The summed E-state index contributed by atoms with van der Waals surface area (Å²) < 4.78 is 27.3. The van der Waals surface area contributed by atoms with Gasteiger partial charge >= 0.3 is 5.97 Å². The Labute approximate surface area is 213 Å². The van der Waals surface area contributed by atoms with Crippen molar-refractivity contribution in [1.29, 1.82) is 0 Å². The molecule has 0 saturated carbocycles. The van der Waals surface area contributed by atoms with Gasteiger partial charge in [0.2, 0.25) is 6.79 Å². The van der Waals surface area contributed by atoms with Gasteiger partial charge in [0.25, 0.3) is 0 Å². The fourth-order valence-corrected chi connectivity index (χ4v) is 3.67. The van der Waals surface area contributed by atoms with E-state index in [0.29, 0.717) is 47.5 Å². The van der Waals surface area contributed by atoms with Crippen LogP contribution in [0.1, 0.15) is 56.6 Å². The van der Waals surface area contributed by atoms with Gasteiger partial charge in [-0.25, -0.2) is 9.64 Å². The number of rotatable bonds is 14. The van der Waals surface area contributed by atoms with Crippen LogP contribution in [-0.4, -0.2) is 33.1 Å². The molecule has 7 nitrogen and oxygen atoms in total. The molecule has 1 aliphatic heterocycles. The number of fused-ring (bicyclic) bond motifs is 1. The van der Waals surface area contributed by atoms with Gasteiger partial charge in [0.15, 0.2) is 28.7 Å². The second kappa shape index (κ2) is 13.8. The van der Waals surface area contributed by atoms with Gasteiger partial charge in [-0.2, -0.15) is 0 Å². The highest BCUT2D eigenvalue weighted by molar-refractivity contribution is 5.87. The van der Waals surface area contributed by atoms with E-state index in [4.69, 9.17) is 30.3 Å². The summed E-state index contributed by atoms with van der Waals surface area (Å²) >= 11 is 0. The van der Waals surface area contributed by atoms with Crippen LogP contribution in [0.25, 0.3) is 16.6 Å². The van der Waals surface area contributed by atoms with Crippen molar-refractivity contribution in [2.24, 2.45) is 0 Å². The summed E-state index contributed by atoms with van der Waals surface area (Å²) in [6.07, 6.45) is 7.94. The summed E-state index contributed by atoms with van der Waals surface area (Å²) in [5.74, 6) is 2.33. The molecule has 7 heteroatoms. The standard InChI is InChI=1S/C29H33NO6/c1-21(2)29(31)34-16-10-8-6-5-7-9-15-33-25-13-11-22(18-27(25)32-4)17-24(30-3)23-12-14-26-28(19-23)36-20-35-26/h11-14,17-19H,1,5-10,15-16,20H2,2,4H3/b24-17-. The fourth-order valence-electron chi connectivity index (χ4n) is 3.67. The molecule has 0 saturated heterocycles. The Morgan fingerprint density at radius 3 is 2.44 bits per heavy atom. The fraction of sp³-hybridized carbons (Fsp3) is 0.379. The van der Waals surface area contributed by atoms with E-state index in [-0.39, 0.29) is 12.8 Å². The maximum absolute atomic E-state index is 11.3. The molecule has 1 heterocycles. The number of methoxy groups -OCH3 is 1. The van der Waals surface area contributed by atoms with Crippen molar-refractivity contribution in [3.63, 3.8) is 0 Å². The van der Waals surface area contributed by atoms with Gasteiger partial charge in [0.1, 0.15) is 0 Å². The lowest BCUT2D eigenvalue weighted by atomic mass is 10.1. The highest BCUT2D eigenvalue weighted by atomic mass is 16.7. The zero-order chi connectivity index (χ0) is 25.8. The molecule has 2 aromatic rings. The van der Waals surface area contributed by atoms with E-state index in [1.54, 1.807) is 14.0 Å². The van der Waals surface area contributed by atoms with E-state index in [1.807, 2.05) is 42.5 Å². The molecule has 0 spiro atoms. The summed E-state index contributed by atoms with van der Waals surface area (Å²) in [4.78, 5) is 15.0. The van der Waals surface area contributed by atoms with Crippen LogP contribution >= 0.6 is 0 Å². The van der Waals surface area contributed by atoms with E-state index in [1.165, 1.54) is 0 Å². The molecule has 0 bridgehead atoms. The quantitative estimate of drug-likeness (QED) is 0.0965. The van der Waals surface area contributed by atoms with Crippen LogP contribution in [0.4, 0.5) is 0 Å². The second-order valence-electron chi connectivity index (χ2n) is 8.51. The third-order valence-electron chi connectivity index (χ3n) is 5.66. The van der Waals surface area contributed by atoms with Crippen molar-refractivity contribution in [3.8, 4) is 23.0 Å². The van der Waals surface area contributed by atoms with Crippen LogP contribution < -0.4 is 18.9 Å². The van der Waals surface area contributed by atoms with Crippen molar-refractivity contribution >= 4 is 17.7 Å². The summed E-state index contributed by atoms with van der Waals surface area (Å²) in [6.45, 7) is 14.1. The van der Waals surface area contributed by atoms with Gasteiger partial charge in [0.05, 0.1) is 26.9 Å². The Hall–Kier alpha value is -3.92. The number of ether oxygens (including phenoxy) is 5. The molecule has 0 N–H and O–H groups in total. The first-order valence-electron chi connectivity index (χ1n) is 12.1. The van der Waals surface area contributed by atoms with Gasteiger partial charge in [-0.3, -0.25) is 0 Å². The number of carbonyl (C=O) groups excluding carboxylic acids is 1. The molecule has 0 atom stereocenters. The van der Waals surface area contributed by atoms with Crippen LogP contribution in [0, 0.1) is 6.57 Å². The van der Waals surface area contributed by atoms with Crippen molar-refractivity contribution in [3.05, 3.63) is 71.1 Å². The molecule has 0 fully saturated rings. The Balaban J connectivity index is 1.43. The molecule has 3 rings (SSSR count). The monoisotopic (exact) mass is 491 g/mol. The number of nitrogens with zero attached hydrogens (tertiary/aromatic N) is 1. The van der Waals surface area contributed by atoms with Crippen LogP contribution in [-0.2, 0) is 9.53 Å². The molecule has 0 amide bonds. The van der Waals surface area contributed by atoms with E-state index in [0.717, 1.165) is 49.7 Å². The number of carbonyl (C=O) groups is 1. The zero-order valence-electron chi connectivity index (χ0n) is 21.0. The normalized spacial score (nSPS) is 12.1. The predicted octanol–water partition coefficient (Wildman–Crippen LogP) is 6.68. The molecule has 36 heavy (non-hydrogen) atoms. The minimum atomic E-state index is -0.317. The van der Waals surface area contributed by atoms with E-state index < -0.39 is 0 Å². The molecule has 0 radical (unpaired) electrons. The highest BCUT2D eigenvalue weighted by Gasteiger charge is 2.15. The van der Waals surface area contributed by atoms with Crippen molar-refractivity contribution in [1.82, 2.24) is 0 Å². The number of benzene rings is 2. The summed E-state index contributed by atoms with van der Waals surface area (Å²) in [5, 5.41) is 0. The molecule has 0 aromatic heterocycles. The van der Waals surface area contributed by atoms with Gasteiger partial charge < -0.3 is 23.7 Å². The number of esters is 1. The Kier molecular flexibility index (Phi) is 10.3. The lowest BCUT2D eigenvalue weighted by Crippen LogP contribution is -2.06. The Morgan fingerprint density at radius 2 is 1.72 bits per heavy atom. The molecular weight excluding hydrogens is 458 g/mol. The van der Waals surface area contributed by atoms with Gasteiger partial charge in [-0.05, 0) is 61.2 Å². The van der Waals surface area contributed by atoms with Crippen molar-refractivity contribution in [2.45, 2.75) is 45.4 Å². The largest absolute Gasteiger partial charge is 0.493 e. The first-order chi connectivity index (χ1) is 17.5. The second-order valence-corrected chi connectivity index (χ2v) is 8.51. The lowest BCUT2D eigenvalue weighted by molar-refractivity contribution is -0.139. The van der Waals surface area contributed by atoms with Gasteiger partial charge in [0, 0.05) is 5.57 Å². The lowest BCUT2D eigenvalue weighted by Gasteiger charge is -2.12. The minimum absolute atomic E-state index is 0.198.